The first-order valence-electron chi connectivity index (χ1n) is 8.58. The number of hydrogen-bond acceptors (Lipinski definition) is 11. The Hall–Kier alpha value is -3.39. The summed E-state index contributed by atoms with van der Waals surface area (Å²) in [6.07, 6.45) is 0. The molecule has 12 nitrogen and oxygen atoms in total. The molecule has 0 fully saturated rings. The largest absolute Gasteiger partial charge is 0.323 e. The van der Waals surface area contributed by atoms with Crippen LogP contribution in [0.3, 0.4) is 0 Å². The topological polar surface area (TPSA) is 154 Å². The van der Waals surface area contributed by atoms with Crippen molar-refractivity contribution in [2.75, 3.05) is 16.4 Å². The lowest BCUT2D eigenvalue weighted by Crippen LogP contribution is -2.15. The Morgan fingerprint density at radius 2 is 2.03 bits per heavy atom. The Kier molecular flexibility index (Phi) is 5.41. The molecule has 0 spiro atoms. The Bertz CT molecular complexity index is 1250. The van der Waals surface area contributed by atoms with Crippen LogP contribution in [0.5, 0.6) is 0 Å². The summed E-state index contributed by atoms with van der Waals surface area (Å²) < 4.78 is 14.8. The number of aryl methyl sites for hydroxylation is 1. The van der Waals surface area contributed by atoms with Gasteiger partial charge < -0.3 is 15.2 Å². The maximum Gasteiger partial charge on any atom is 0.234 e. The number of thioether (sulfide) groups is 1. The van der Waals surface area contributed by atoms with Gasteiger partial charge in [0.2, 0.25) is 17.6 Å². The monoisotopic (exact) mass is 445 g/mol. The fraction of sp³-hybridized carbons (Fsp3) is 0.250. The van der Waals surface area contributed by atoms with Crippen LogP contribution in [0.15, 0.2) is 21.9 Å². The molecule has 2 N–H and O–H groups in total. The Morgan fingerprint density at radius 3 is 2.83 bits per heavy atom. The van der Waals surface area contributed by atoms with Crippen molar-refractivity contribution in [1.29, 1.82) is 0 Å². The molecule has 30 heavy (non-hydrogen) atoms. The molecule has 0 aliphatic rings. The molecule has 0 aliphatic heterocycles. The number of rotatable bonds is 6. The van der Waals surface area contributed by atoms with Gasteiger partial charge in [0.15, 0.2) is 16.7 Å². The molecule has 4 rings (SSSR count). The van der Waals surface area contributed by atoms with Crippen molar-refractivity contribution in [3.05, 3.63) is 17.7 Å². The van der Waals surface area contributed by atoms with Crippen LogP contribution >= 0.6 is 23.5 Å². The average Bonchev–Trinajstić information content (AvgIpc) is 3.42. The third-order valence-electron chi connectivity index (χ3n) is 4.06. The van der Waals surface area contributed by atoms with Crippen molar-refractivity contribution >= 4 is 57.8 Å². The molecule has 2 amide bonds. The number of carbonyl (C=O) groups excluding carboxylic acids is 2. The minimum Gasteiger partial charge on any atom is -0.323 e. The smallest absolute Gasteiger partial charge is 0.234 e. The molecule has 3 heterocycles. The fourth-order valence-corrected chi connectivity index (χ4v) is 3.90. The lowest BCUT2D eigenvalue weighted by atomic mass is 10.1. The number of anilines is 2. The average molecular weight is 445 g/mol. The molecule has 0 bridgehead atoms. The zero-order chi connectivity index (χ0) is 21.3. The predicted octanol–water partition coefficient (Wildman–Crippen LogP) is 1.87. The van der Waals surface area contributed by atoms with Crippen LogP contribution in [0.2, 0.25) is 0 Å². The zero-order valence-corrected chi connectivity index (χ0v) is 17.7. The van der Waals surface area contributed by atoms with E-state index < -0.39 is 0 Å². The van der Waals surface area contributed by atoms with E-state index in [0.29, 0.717) is 22.2 Å². The molecule has 1 aromatic carbocycles. The standard InChI is InChI=1S/C16H15N9O3S2/c1-7-4-5-9-12(24-30-23-9)11(7)18-10(27)6-29-16-20-19-15(25(16)3)13-14(17-8(2)26)22-28-21-13/h4-5H,6H2,1-3H3,(H,18,27)(H,17,22,26). The van der Waals surface area contributed by atoms with E-state index >= 15 is 0 Å². The second-order valence-corrected chi connectivity index (χ2v) is 7.71. The molecule has 4 aromatic rings. The van der Waals surface area contributed by atoms with E-state index in [0.717, 1.165) is 22.8 Å². The minimum atomic E-state index is -0.319. The first-order valence-corrected chi connectivity index (χ1v) is 10.3. The minimum absolute atomic E-state index is 0.106. The number of hydrogen-bond donors (Lipinski definition) is 2. The highest BCUT2D eigenvalue weighted by molar-refractivity contribution is 7.99. The fourth-order valence-electron chi connectivity index (χ4n) is 2.65. The lowest BCUT2D eigenvalue weighted by molar-refractivity contribution is -0.114. The molecule has 0 aliphatic carbocycles. The van der Waals surface area contributed by atoms with Gasteiger partial charge in [0.25, 0.3) is 0 Å². The normalized spacial score (nSPS) is 11.0. The van der Waals surface area contributed by atoms with Gasteiger partial charge in [0.1, 0.15) is 11.0 Å². The zero-order valence-electron chi connectivity index (χ0n) is 16.0. The lowest BCUT2D eigenvalue weighted by Gasteiger charge is -2.08. The molecule has 0 radical (unpaired) electrons. The Labute approximate surface area is 177 Å². The summed E-state index contributed by atoms with van der Waals surface area (Å²) >= 11 is 2.30. The van der Waals surface area contributed by atoms with Gasteiger partial charge in [-0.15, -0.1) is 10.2 Å². The van der Waals surface area contributed by atoms with E-state index in [1.54, 1.807) is 11.6 Å². The highest BCUT2D eigenvalue weighted by atomic mass is 32.2. The van der Waals surface area contributed by atoms with Gasteiger partial charge in [-0.1, -0.05) is 17.8 Å². The number of benzene rings is 1. The molecule has 0 saturated heterocycles. The van der Waals surface area contributed by atoms with Crippen molar-refractivity contribution in [2.45, 2.75) is 19.0 Å². The maximum atomic E-state index is 12.5. The first kappa shape index (κ1) is 19.9. The van der Waals surface area contributed by atoms with E-state index in [1.165, 1.54) is 18.7 Å². The summed E-state index contributed by atoms with van der Waals surface area (Å²) in [6, 6.07) is 3.76. The molecule has 154 valence electrons. The van der Waals surface area contributed by atoms with Gasteiger partial charge in [-0.3, -0.25) is 9.59 Å². The van der Waals surface area contributed by atoms with Crippen LogP contribution in [-0.2, 0) is 16.6 Å². The van der Waals surface area contributed by atoms with Gasteiger partial charge in [-0.25, -0.2) is 4.63 Å². The van der Waals surface area contributed by atoms with E-state index in [2.05, 4.69) is 39.9 Å². The highest BCUT2D eigenvalue weighted by Crippen LogP contribution is 2.28. The summed E-state index contributed by atoms with van der Waals surface area (Å²) in [6.45, 7) is 3.24. The number of carbonyl (C=O) groups is 2. The molecule has 0 saturated carbocycles. The summed E-state index contributed by atoms with van der Waals surface area (Å²) in [5, 5.41) is 21.5. The quantitative estimate of drug-likeness (QED) is 0.420. The summed E-state index contributed by atoms with van der Waals surface area (Å²) in [7, 11) is 1.72. The second-order valence-electron chi connectivity index (χ2n) is 6.23. The number of nitrogens with zero attached hydrogens (tertiary/aromatic N) is 7. The SMILES string of the molecule is CC(=O)Nc1nonc1-c1nnc(SCC(=O)Nc2c(C)ccc3nsnc23)n1C. The third-order valence-corrected chi connectivity index (χ3v) is 5.63. The summed E-state index contributed by atoms with van der Waals surface area (Å²) in [5.41, 5.74) is 3.21. The first-order chi connectivity index (χ1) is 14.4. The molecule has 0 atom stereocenters. The Balaban J connectivity index is 1.47. The number of aromatic nitrogens is 7. The van der Waals surface area contributed by atoms with Crippen LogP contribution < -0.4 is 10.6 Å². The van der Waals surface area contributed by atoms with Crippen molar-refractivity contribution in [3.8, 4) is 11.5 Å². The number of nitrogens with one attached hydrogen (secondary N) is 2. The van der Waals surface area contributed by atoms with Gasteiger partial charge in [0.05, 0.1) is 23.2 Å². The van der Waals surface area contributed by atoms with Crippen molar-refractivity contribution in [2.24, 2.45) is 7.05 Å². The van der Waals surface area contributed by atoms with Gasteiger partial charge >= 0.3 is 0 Å². The summed E-state index contributed by atoms with van der Waals surface area (Å²) in [5.74, 6) is 0.0654. The molecule has 14 heteroatoms. The molecular formula is C16H15N9O3S2. The van der Waals surface area contributed by atoms with Crippen LogP contribution in [-0.4, -0.2) is 51.4 Å². The highest BCUT2D eigenvalue weighted by Gasteiger charge is 2.21. The van der Waals surface area contributed by atoms with Gasteiger partial charge in [-0.2, -0.15) is 8.75 Å². The van der Waals surface area contributed by atoms with E-state index in [4.69, 9.17) is 4.63 Å². The van der Waals surface area contributed by atoms with Gasteiger partial charge in [0, 0.05) is 14.0 Å². The Morgan fingerprint density at radius 1 is 1.20 bits per heavy atom. The predicted molar refractivity (Wildman–Crippen MR) is 110 cm³/mol. The van der Waals surface area contributed by atoms with Crippen molar-refractivity contribution in [1.82, 2.24) is 33.8 Å². The third kappa shape index (κ3) is 3.86. The van der Waals surface area contributed by atoms with E-state index in [1.807, 2.05) is 19.1 Å². The van der Waals surface area contributed by atoms with Crippen molar-refractivity contribution < 1.29 is 14.2 Å². The second kappa shape index (κ2) is 8.16. The van der Waals surface area contributed by atoms with Gasteiger partial charge in [-0.05, 0) is 28.9 Å². The van der Waals surface area contributed by atoms with E-state index in [-0.39, 0.29) is 29.1 Å². The van der Waals surface area contributed by atoms with Crippen LogP contribution in [0.25, 0.3) is 22.6 Å². The van der Waals surface area contributed by atoms with Crippen LogP contribution in [0.4, 0.5) is 11.5 Å². The van der Waals surface area contributed by atoms with E-state index in [9.17, 15) is 9.59 Å². The molecular weight excluding hydrogens is 430 g/mol. The molecule has 3 aromatic heterocycles. The number of amides is 2. The summed E-state index contributed by atoms with van der Waals surface area (Å²) in [4.78, 5) is 23.8. The van der Waals surface area contributed by atoms with Crippen LogP contribution in [0, 0.1) is 6.92 Å². The molecule has 0 unspecified atom stereocenters. The number of fused-ring (bicyclic) bond motifs is 1. The van der Waals surface area contributed by atoms with Crippen LogP contribution in [0.1, 0.15) is 12.5 Å². The van der Waals surface area contributed by atoms with Crippen molar-refractivity contribution in [3.63, 3.8) is 0 Å². The maximum absolute atomic E-state index is 12.5.